The number of nitro benzene ring substituents is 1. The van der Waals surface area contributed by atoms with E-state index in [1.54, 1.807) is 60.7 Å². The Labute approximate surface area is 175 Å². The molecule has 0 spiro atoms. The van der Waals surface area contributed by atoms with Crippen LogP contribution in [-0.4, -0.2) is 21.3 Å². The van der Waals surface area contributed by atoms with E-state index < -0.39 is 4.92 Å². The van der Waals surface area contributed by atoms with Gasteiger partial charge < -0.3 is 9.47 Å². The molecule has 1 aliphatic rings. The zero-order valence-corrected chi connectivity index (χ0v) is 16.1. The molecule has 0 amide bonds. The van der Waals surface area contributed by atoms with Gasteiger partial charge in [-0.3, -0.25) is 19.5 Å². The number of nitrogens with zero attached hydrogens (tertiary/aromatic N) is 3. The van der Waals surface area contributed by atoms with Crippen molar-refractivity contribution < 1.29 is 14.4 Å². The molecule has 0 saturated heterocycles. The molecule has 4 aromatic rings. The molecule has 1 aromatic heterocycles. The Morgan fingerprint density at radius 3 is 2.68 bits per heavy atom. The maximum Gasteiger partial charge on any atom is 0.270 e. The smallest absolute Gasteiger partial charge is 0.270 e. The molecule has 0 radical (unpaired) electrons. The van der Waals surface area contributed by atoms with Crippen LogP contribution in [0.5, 0.6) is 11.5 Å². The van der Waals surface area contributed by atoms with Gasteiger partial charge in [0.2, 0.25) is 6.79 Å². The number of hydrogen-bond donors (Lipinski definition) is 0. The van der Waals surface area contributed by atoms with E-state index in [-0.39, 0.29) is 18.0 Å². The maximum absolute atomic E-state index is 13.3. The van der Waals surface area contributed by atoms with Crippen LogP contribution < -0.4 is 15.0 Å². The summed E-state index contributed by atoms with van der Waals surface area (Å²) in [6.07, 6.45) is 3.35. The Morgan fingerprint density at radius 2 is 1.81 bits per heavy atom. The lowest BCUT2D eigenvalue weighted by molar-refractivity contribution is -0.384. The van der Waals surface area contributed by atoms with E-state index in [4.69, 9.17) is 9.47 Å². The third-order valence-electron chi connectivity index (χ3n) is 4.92. The van der Waals surface area contributed by atoms with E-state index in [0.29, 0.717) is 39.5 Å². The molecule has 2 heterocycles. The van der Waals surface area contributed by atoms with Crippen LogP contribution in [0.15, 0.2) is 71.5 Å². The number of ether oxygens (including phenoxy) is 2. The lowest BCUT2D eigenvalue weighted by atomic mass is 10.1. The van der Waals surface area contributed by atoms with E-state index >= 15 is 0 Å². The van der Waals surface area contributed by atoms with E-state index in [1.165, 1.54) is 16.7 Å². The molecule has 3 aromatic carbocycles. The molecule has 0 N–H and O–H groups in total. The molecule has 0 atom stereocenters. The summed E-state index contributed by atoms with van der Waals surface area (Å²) in [5.41, 5.74) is 1.51. The first kappa shape index (κ1) is 18.6. The van der Waals surface area contributed by atoms with Gasteiger partial charge in [-0.2, -0.15) is 0 Å². The summed E-state index contributed by atoms with van der Waals surface area (Å²) in [6, 6.07) is 18.6. The van der Waals surface area contributed by atoms with Gasteiger partial charge in [0.15, 0.2) is 11.5 Å². The molecular weight excluding hydrogens is 398 g/mol. The highest BCUT2D eigenvalue weighted by molar-refractivity contribution is 5.80. The normalized spacial score (nSPS) is 12.5. The molecule has 0 unspecified atom stereocenters. The van der Waals surface area contributed by atoms with Crippen LogP contribution in [0.25, 0.3) is 28.7 Å². The molecule has 0 fully saturated rings. The number of rotatable bonds is 4. The van der Waals surface area contributed by atoms with E-state index in [2.05, 4.69) is 4.98 Å². The van der Waals surface area contributed by atoms with Crippen molar-refractivity contribution in [3.05, 3.63) is 98.6 Å². The number of nitro groups is 1. The minimum Gasteiger partial charge on any atom is -0.454 e. The average molecular weight is 413 g/mol. The largest absolute Gasteiger partial charge is 0.454 e. The highest BCUT2D eigenvalue weighted by atomic mass is 16.7. The summed E-state index contributed by atoms with van der Waals surface area (Å²) in [5.74, 6) is 1.54. The van der Waals surface area contributed by atoms with Gasteiger partial charge in [-0.25, -0.2) is 4.98 Å². The van der Waals surface area contributed by atoms with Crippen LogP contribution in [0.2, 0.25) is 0 Å². The summed E-state index contributed by atoms with van der Waals surface area (Å²) in [7, 11) is 0. The lowest BCUT2D eigenvalue weighted by Gasteiger charge is -2.12. The molecule has 31 heavy (non-hydrogen) atoms. The van der Waals surface area contributed by atoms with Gasteiger partial charge in [-0.05, 0) is 35.9 Å². The van der Waals surface area contributed by atoms with E-state index in [0.717, 1.165) is 0 Å². The first-order chi connectivity index (χ1) is 15.1. The highest BCUT2D eigenvalue weighted by Crippen LogP contribution is 2.33. The van der Waals surface area contributed by atoms with Crippen molar-refractivity contribution in [3.63, 3.8) is 0 Å². The Bertz CT molecular complexity index is 1420. The molecule has 0 aliphatic carbocycles. The van der Waals surface area contributed by atoms with Gasteiger partial charge in [0.05, 0.1) is 21.5 Å². The van der Waals surface area contributed by atoms with Gasteiger partial charge in [0.1, 0.15) is 5.82 Å². The summed E-state index contributed by atoms with van der Waals surface area (Å²) < 4.78 is 12.3. The number of hydrogen-bond acceptors (Lipinski definition) is 6. The summed E-state index contributed by atoms with van der Waals surface area (Å²) in [4.78, 5) is 28.6. The van der Waals surface area contributed by atoms with Gasteiger partial charge >= 0.3 is 0 Å². The standard InChI is InChI=1S/C23H15N3O5/c27-23-18-6-1-2-7-19(18)24-22(11-8-15-4-3-5-17(12-15)26(28)29)25(23)16-9-10-20-21(13-16)31-14-30-20/h1-13H,14H2. The Balaban J connectivity index is 1.68. The zero-order valence-electron chi connectivity index (χ0n) is 16.1. The van der Waals surface area contributed by atoms with Gasteiger partial charge in [0, 0.05) is 18.2 Å². The number of benzene rings is 3. The second kappa shape index (κ2) is 7.42. The molecule has 1 aliphatic heterocycles. The predicted molar refractivity (Wildman–Crippen MR) is 115 cm³/mol. The summed E-state index contributed by atoms with van der Waals surface area (Å²) in [6.45, 7) is 0.128. The monoisotopic (exact) mass is 413 g/mol. The number of aromatic nitrogens is 2. The minimum atomic E-state index is -0.450. The van der Waals surface area contributed by atoms with Crippen molar-refractivity contribution >= 4 is 28.7 Å². The minimum absolute atomic E-state index is 0.0122. The second-order valence-electron chi connectivity index (χ2n) is 6.85. The highest BCUT2D eigenvalue weighted by Gasteiger charge is 2.17. The molecule has 152 valence electrons. The maximum atomic E-state index is 13.3. The van der Waals surface area contributed by atoms with Gasteiger partial charge in [-0.15, -0.1) is 0 Å². The first-order valence-corrected chi connectivity index (χ1v) is 9.44. The Morgan fingerprint density at radius 1 is 0.968 bits per heavy atom. The number of fused-ring (bicyclic) bond motifs is 2. The first-order valence-electron chi connectivity index (χ1n) is 9.44. The average Bonchev–Trinajstić information content (AvgIpc) is 3.26. The van der Waals surface area contributed by atoms with Crippen LogP contribution in [0.3, 0.4) is 0 Å². The topological polar surface area (TPSA) is 96.5 Å². The van der Waals surface area contributed by atoms with E-state index in [1.807, 2.05) is 6.07 Å². The van der Waals surface area contributed by atoms with Crippen molar-refractivity contribution in [2.24, 2.45) is 0 Å². The fourth-order valence-electron chi connectivity index (χ4n) is 3.45. The third-order valence-corrected chi connectivity index (χ3v) is 4.92. The summed E-state index contributed by atoms with van der Waals surface area (Å²) >= 11 is 0. The molecule has 5 rings (SSSR count). The Kier molecular flexibility index (Phi) is 4.44. The van der Waals surface area contributed by atoms with Gasteiger partial charge in [0.25, 0.3) is 11.2 Å². The SMILES string of the molecule is O=c1c2ccccc2nc(C=Cc2cccc([N+](=O)[O-])c2)n1-c1ccc2c(c1)OCO2. The third kappa shape index (κ3) is 3.40. The van der Waals surface area contributed by atoms with Crippen molar-refractivity contribution in [3.8, 4) is 17.2 Å². The van der Waals surface area contributed by atoms with Crippen molar-refractivity contribution in [2.45, 2.75) is 0 Å². The molecule has 0 saturated carbocycles. The number of non-ortho nitro benzene ring substituents is 1. The zero-order chi connectivity index (χ0) is 21.4. The van der Waals surface area contributed by atoms with Crippen LogP contribution in [0, 0.1) is 10.1 Å². The fraction of sp³-hybridized carbons (Fsp3) is 0.0435. The van der Waals surface area contributed by atoms with Crippen LogP contribution in [-0.2, 0) is 0 Å². The lowest BCUT2D eigenvalue weighted by Crippen LogP contribution is -2.22. The molecule has 8 heteroatoms. The predicted octanol–water partition coefficient (Wildman–Crippen LogP) is 4.19. The van der Waals surface area contributed by atoms with Gasteiger partial charge in [-0.1, -0.05) is 30.3 Å². The molecule has 0 bridgehead atoms. The van der Waals surface area contributed by atoms with Crippen LogP contribution in [0.1, 0.15) is 11.4 Å². The quantitative estimate of drug-likeness (QED) is 0.368. The van der Waals surface area contributed by atoms with Crippen molar-refractivity contribution in [2.75, 3.05) is 6.79 Å². The van der Waals surface area contributed by atoms with Crippen LogP contribution >= 0.6 is 0 Å². The molecule has 8 nitrogen and oxygen atoms in total. The van der Waals surface area contributed by atoms with Crippen molar-refractivity contribution in [1.29, 1.82) is 0 Å². The second-order valence-corrected chi connectivity index (χ2v) is 6.85. The van der Waals surface area contributed by atoms with E-state index in [9.17, 15) is 14.9 Å². The summed E-state index contributed by atoms with van der Waals surface area (Å²) in [5, 5.41) is 11.5. The number of para-hydroxylation sites is 1. The Hall–Kier alpha value is -4.46. The van der Waals surface area contributed by atoms with Crippen LogP contribution in [0.4, 0.5) is 5.69 Å². The van der Waals surface area contributed by atoms with Crippen molar-refractivity contribution in [1.82, 2.24) is 9.55 Å². The fourth-order valence-corrected chi connectivity index (χ4v) is 3.45. The molecular formula is C23H15N3O5.